The molecule has 0 saturated carbocycles. The van der Waals surface area contributed by atoms with Crippen LogP contribution < -0.4 is 5.32 Å². The molecule has 2 aromatic rings. The van der Waals surface area contributed by atoms with Crippen LogP contribution >= 0.6 is 12.2 Å². The summed E-state index contributed by atoms with van der Waals surface area (Å²) in [5, 5.41) is 12.3. The molecule has 0 unspecified atom stereocenters. The molecule has 0 bridgehead atoms. The van der Waals surface area contributed by atoms with Crippen LogP contribution in [0.4, 0.5) is 0 Å². The maximum Gasteiger partial charge on any atom is 0.326 e. The fourth-order valence-electron chi connectivity index (χ4n) is 2.19. The molecule has 0 aliphatic rings. The molecular weight excluding hydrogens is 294 g/mol. The lowest BCUT2D eigenvalue weighted by Gasteiger charge is -2.16. The van der Waals surface area contributed by atoms with E-state index in [-0.39, 0.29) is 0 Å². The van der Waals surface area contributed by atoms with E-state index in [4.69, 9.17) is 12.2 Å². The third-order valence-electron chi connectivity index (χ3n) is 3.40. The molecule has 0 heterocycles. The highest BCUT2D eigenvalue weighted by Gasteiger charge is 2.18. The summed E-state index contributed by atoms with van der Waals surface area (Å²) in [6.45, 7) is 2.03. The van der Waals surface area contributed by atoms with Crippen molar-refractivity contribution in [3.63, 3.8) is 0 Å². The van der Waals surface area contributed by atoms with Crippen molar-refractivity contribution in [1.82, 2.24) is 5.32 Å². The smallest absolute Gasteiger partial charge is 0.326 e. The number of nitrogens with one attached hydrogen (secondary N) is 1. The Morgan fingerprint density at radius 1 is 1.09 bits per heavy atom. The topological polar surface area (TPSA) is 49.3 Å². The number of aryl methyl sites for hydroxylation is 1. The number of aliphatic carboxylic acids is 1. The Balaban J connectivity index is 1.97. The highest BCUT2D eigenvalue weighted by molar-refractivity contribution is 7.80. The van der Waals surface area contributed by atoms with E-state index in [1.54, 1.807) is 0 Å². The molecule has 0 radical (unpaired) electrons. The first-order valence-electron chi connectivity index (χ1n) is 7.16. The fraction of sp³-hybridized carbons (Fsp3) is 0.222. The van der Waals surface area contributed by atoms with Crippen LogP contribution in [-0.2, 0) is 17.6 Å². The molecular formula is C18H19NO2S. The summed E-state index contributed by atoms with van der Waals surface area (Å²) in [4.78, 5) is 12.0. The summed E-state index contributed by atoms with van der Waals surface area (Å²) in [5.74, 6) is -0.893. The van der Waals surface area contributed by atoms with Gasteiger partial charge in [0, 0.05) is 12.8 Å². The van der Waals surface area contributed by atoms with Crippen LogP contribution in [0.2, 0.25) is 0 Å². The monoisotopic (exact) mass is 313 g/mol. The van der Waals surface area contributed by atoms with Gasteiger partial charge in [-0.25, -0.2) is 4.79 Å². The Labute approximate surface area is 136 Å². The molecule has 0 aliphatic carbocycles. The van der Waals surface area contributed by atoms with Gasteiger partial charge in [-0.1, -0.05) is 72.4 Å². The number of carbonyl (C=O) groups is 1. The van der Waals surface area contributed by atoms with E-state index in [1.807, 2.05) is 61.5 Å². The van der Waals surface area contributed by atoms with Crippen molar-refractivity contribution in [3.8, 4) is 0 Å². The molecule has 22 heavy (non-hydrogen) atoms. The van der Waals surface area contributed by atoms with E-state index < -0.39 is 12.0 Å². The average Bonchev–Trinajstić information content (AvgIpc) is 2.50. The van der Waals surface area contributed by atoms with E-state index in [0.29, 0.717) is 17.8 Å². The molecule has 0 aliphatic heterocycles. The normalized spacial score (nSPS) is 11.7. The van der Waals surface area contributed by atoms with Crippen LogP contribution in [0.1, 0.15) is 16.7 Å². The minimum Gasteiger partial charge on any atom is -0.480 e. The van der Waals surface area contributed by atoms with Crippen molar-refractivity contribution < 1.29 is 9.90 Å². The first kappa shape index (κ1) is 16.2. The molecule has 2 aromatic carbocycles. The van der Waals surface area contributed by atoms with Crippen molar-refractivity contribution in [2.45, 2.75) is 25.8 Å². The maximum absolute atomic E-state index is 11.4. The molecule has 3 nitrogen and oxygen atoms in total. The average molecular weight is 313 g/mol. The lowest BCUT2D eigenvalue weighted by Crippen LogP contribution is -2.42. The largest absolute Gasteiger partial charge is 0.480 e. The summed E-state index contributed by atoms with van der Waals surface area (Å²) >= 11 is 5.31. The zero-order valence-electron chi connectivity index (χ0n) is 12.5. The van der Waals surface area contributed by atoms with E-state index in [0.717, 1.165) is 11.1 Å². The first-order valence-corrected chi connectivity index (χ1v) is 7.57. The minimum atomic E-state index is -0.893. The predicted octanol–water partition coefficient (Wildman–Crippen LogP) is 3.15. The summed E-state index contributed by atoms with van der Waals surface area (Å²) in [5.41, 5.74) is 3.24. The van der Waals surface area contributed by atoms with E-state index in [2.05, 4.69) is 5.32 Å². The quantitative estimate of drug-likeness (QED) is 0.804. The van der Waals surface area contributed by atoms with Crippen molar-refractivity contribution in [3.05, 3.63) is 71.3 Å². The van der Waals surface area contributed by atoms with E-state index in [9.17, 15) is 9.90 Å². The molecule has 114 valence electrons. The Bertz CT molecular complexity index is 638. The number of benzene rings is 2. The van der Waals surface area contributed by atoms with Crippen LogP contribution in [0.25, 0.3) is 0 Å². The Morgan fingerprint density at radius 3 is 2.32 bits per heavy atom. The Morgan fingerprint density at radius 2 is 1.73 bits per heavy atom. The van der Waals surface area contributed by atoms with E-state index >= 15 is 0 Å². The van der Waals surface area contributed by atoms with Crippen LogP contribution in [-0.4, -0.2) is 22.1 Å². The number of carboxylic acids is 1. The third kappa shape index (κ3) is 4.97. The van der Waals surface area contributed by atoms with Gasteiger partial charge in [0.15, 0.2) is 0 Å². The number of carboxylic acid groups (broad SMARTS) is 1. The minimum absolute atomic E-state index is 0.407. The number of thiocarbonyl (C=S) groups is 1. The lowest BCUT2D eigenvalue weighted by molar-refractivity contribution is -0.139. The van der Waals surface area contributed by atoms with Crippen molar-refractivity contribution in [1.29, 1.82) is 0 Å². The van der Waals surface area contributed by atoms with Gasteiger partial charge in [0.2, 0.25) is 0 Å². The molecule has 1 atom stereocenters. The van der Waals surface area contributed by atoms with Gasteiger partial charge in [0.1, 0.15) is 6.04 Å². The second-order valence-corrected chi connectivity index (χ2v) is 5.80. The molecule has 2 N–H and O–H groups in total. The maximum atomic E-state index is 11.4. The van der Waals surface area contributed by atoms with Crippen molar-refractivity contribution in [2.75, 3.05) is 0 Å². The van der Waals surface area contributed by atoms with Gasteiger partial charge in [-0.15, -0.1) is 0 Å². The lowest BCUT2D eigenvalue weighted by atomic mass is 10.1. The van der Waals surface area contributed by atoms with Gasteiger partial charge < -0.3 is 10.4 Å². The molecule has 0 spiro atoms. The molecule has 0 aromatic heterocycles. The molecule has 4 heteroatoms. The second kappa shape index (κ2) is 7.71. The number of hydrogen-bond donors (Lipinski definition) is 2. The summed E-state index contributed by atoms with van der Waals surface area (Å²) in [6.07, 6.45) is 0.957. The van der Waals surface area contributed by atoms with Crippen LogP contribution in [0.15, 0.2) is 54.6 Å². The van der Waals surface area contributed by atoms with Crippen LogP contribution in [0, 0.1) is 6.92 Å². The Hall–Kier alpha value is -2.20. The predicted molar refractivity (Wildman–Crippen MR) is 92.2 cm³/mol. The summed E-state index contributed by atoms with van der Waals surface area (Å²) < 4.78 is 0. The zero-order chi connectivity index (χ0) is 15.9. The Kier molecular flexibility index (Phi) is 5.67. The zero-order valence-corrected chi connectivity index (χ0v) is 13.3. The van der Waals surface area contributed by atoms with Crippen LogP contribution in [0.3, 0.4) is 0 Å². The fourth-order valence-corrected chi connectivity index (χ4v) is 2.50. The van der Waals surface area contributed by atoms with Gasteiger partial charge in [0.25, 0.3) is 0 Å². The molecule has 2 rings (SSSR count). The number of hydrogen-bond acceptors (Lipinski definition) is 2. The molecule has 0 saturated heterocycles. The highest BCUT2D eigenvalue weighted by atomic mass is 32.1. The van der Waals surface area contributed by atoms with Crippen molar-refractivity contribution in [2.24, 2.45) is 0 Å². The van der Waals surface area contributed by atoms with Crippen molar-refractivity contribution >= 4 is 23.2 Å². The molecule has 0 fully saturated rings. The van der Waals surface area contributed by atoms with Gasteiger partial charge >= 0.3 is 5.97 Å². The van der Waals surface area contributed by atoms with Gasteiger partial charge in [-0.2, -0.15) is 0 Å². The highest BCUT2D eigenvalue weighted by Crippen LogP contribution is 2.07. The summed E-state index contributed by atoms with van der Waals surface area (Å²) in [7, 11) is 0. The first-order chi connectivity index (χ1) is 10.5. The third-order valence-corrected chi connectivity index (χ3v) is 3.66. The number of rotatable bonds is 6. The van der Waals surface area contributed by atoms with E-state index in [1.165, 1.54) is 5.56 Å². The molecule has 0 amide bonds. The SMILES string of the molecule is Cc1ccc(CC(=S)N[C@H](Cc2ccccc2)C(=O)O)cc1. The second-order valence-electron chi connectivity index (χ2n) is 5.31. The van der Waals surface area contributed by atoms with Crippen LogP contribution in [0.5, 0.6) is 0 Å². The van der Waals surface area contributed by atoms with Gasteiger partial charge in [-0.3, -0.25) is 0 Å². The van der Waals surface area contributed by atoms with Gasteiger partial charge in [0.05, 0.1) is 4.99 Å². The van der Waals surface area contributed by atoms with Gasteiger partial charge in [-0.05, 0) is 18.1 Å². The summed E-state index contributed by atoms with van der Waals surface area (Å²) in [6, 6.07) is 16.9. The standard InChI is InChI=1S/C18H19NO2S/c1-13-7-9-15(10-8-13)12-17(22)19-16(18(20)21)11-14-5-3-2-4-6-14/h2-10,16H,11-12H2,1H3,(H,19,22)(H,20,21)/t16-/m1/s1.